The van der Waals surface area contributed by atoms with E-state index in [0.717, 1.165) is 5.46 Å². The van der Waals surface area contributed by atoms with Gasteiger partial charge in [-0.2, -0.15) is 0 Å². The van der Waals surface area contributed by atoms with E-state index in [0.29, 0.717) is 0 Å². The lowest BCUT2D eigenvalue weighted by Gasteiger charge is -2.29. The highest BCUT2D eigenvalue weighted by Gasteiger charge is 2.26. The zero-order chi connectivity index (χ0) is 22.5. The van der Waals surface area contributed by atoms with E-state index in [1.54, 1.807) is 0 Å². The Morgan fingerprint density at radius 3 is 1.12 bits per heavy atom. The molecule has 0 spiro atoms. The lowest BCUT2D eigenvalue weighted by molar-refractivity contribution is 1.74. The van der Waals surface area contributed by atoms with Crippen molar-refractivity contribution in [3.05, 3.63) is 140 Å². The van der Waals surface area contributed by atoms with Crippen LogP contribution in [-0.4, -0.2) is 7.85 Å². The van der Waals surface area contributed by atoms with Crippen LogP contribution in [0.4, 0.5) is 0 Å². The molecule has 0 saturated heterocycles. The van der Waals surface area contributed by atoms with Crippen molar-refractivity contribution < 1.29 is 0 Å². The second kappa shape index (κ2) is 10.3. The van der Waals surface area contributed by atoms with E-state index in [4.69, 9.17) is 7.85 Å². The highest BCUT2D eigenvalue weighted by atomic mass is 31.1. The maximum Gasteiger partial charge on any atom is 0.114 e. The van der Waals surface area contributed by atoms with Crippen LogP contribution in [0.25, 0.3) is 0 Å². The molecule has 3 heteroatoms. The molecule has 5 aromatic rings. The van der Waals surface area contributed by atoms with Crippen molar-refractivity contribution in [1.82, 2.24) is 0 Å². The van der Waals surface area contributed by atoms with E-state index >= 15 is 0 Å². The van der Waals surface area contributed by atoms with Crippen LogP contribution in [-0.2, 0) is 0 Å². The molecule has 156 valence electrons. The average Bonchev–Trinajstić information content (AvgIpc) is 2.89. The Kier molecular flexibility index (Phi) is 6.83. The quantitative estimate of drug-likeness (QED) is 0.268. The van der Waals surface area contributed by atoms with Crippen LogP contribution in [0.3, 0.4) is 0 Å². The zero-order valence-corrected chi connectivity index (χ0v) is 20.0. The van der Waals surface area contributed by atoms with Gasteiger partial charge in [-0.3, -0.25) is 0 Å². The van der Waals surface area contributed by atoms with E-state index in [1.807, 2.05) is 0 Å². The van der Waals surface area contributed by atoms with Crippen LogP contribution >= 0.6 is 15.8 Å². The maximum atomic E-state index is 6.82. The van der Waals surface area contributed by atoms with Gasteiger partial charge in [0.2, 0.25) is 0 Å². The molecule has 0 N–H and O–H groups in total. The lowest BCUT2D eigenvalue weighted by Crippen LogP contribution is -2.42. The highest BCUT2D eigenvalue weighted by Crippen LogP contribution is 2.38. The van der Waals surface area contributed by atoms with Gasteiger partial charge >= 0.3 is 0 Å². The molecule has 0 aliphatic rings. The summed E-state index contributed by atoms with van der Waals surface area (Å²) in [5, 5.41) is 7.90. The Balaban J connectivity index is 1.79. The second-order valence-electron chi connectivity index (χ2n) is 7.73. The first kappa shape index (κ1) is 21.8. The Bertz CT molecular complexity index is 1230. The SMILES string of the molecule is [B]c1cccc(P(c2ccccc2)c2ccccc2)c1P(c1ccccc1)c1ccccc1. The highest BCUT2D eigenvalue weighted by molar-refractivity contribution is 7.85. The van der Waals surface area contributed by atoms with Gasteiger partial charge < -0.3 is 0 Å². The molecule has 0 nitrogen and oxygen atoms in total. The first-order chi connectivity index (χ1) is 16.3. The van der Waals surface area contributed by atoms with Crippen LogP contribution < -0.4 is 37.3 Å². The standard InChI is InChI=1S/C30H23BP2/c31-28-22-13-23-29(32(24-14-5-1-6-15-24)25-16-7-2-8-17-25)30(28)33(26-18-9-3-10-19-26)27-20-11-4-12-21-27/h1-23H. The van der Waals surface area contributed by atoms with Gasteiger partial charge in [-0.15, -0.1) is 0 Å². The van der Waals surface area contributed by atoms with Gasteiger partial charge in [0.15, 0.2) is 0 Å². The number of hydrogen-bond donors (Lipinski definition) is 0. The summed E-state index contributed by atoms with van der Waals surface area (Å²) in [6.07, 6.45) is 0. The van der Waals surface area contributed by atoms with Crippen molar-refractivity contribution >= 4 is 61.0 Å². The molecule has 0 aliphatic heterocycles. The van der Waals surface area contributed by atoms with E-state index in [2.05, 4.69) is 140 Å². The van der Waals surface area contributed by atoms with E-state index in [1.165, 1.54) is 31.8 Å². The van der Waals surface area contributed by atoms with Crippen molar-refractivity contribution in [2.45, 2.75) is 0 Å². The maximum absolute atomic E-state index is 6.82. The minimum atomic E-state index is -0.810. The topological polar surface area (TPSA) is 0 Å². The second-order valence-corrected chi connectivity index (χ2v) is 12.1. The smallest absolute Gasteiger partial charge is 0.0878 e. The van der Waals surface area contributed by atoms with Gasteiger partial charge in [0.05, 0.1) is 0 Å². The molecule has 5 rings (SSSR count). The molecule has 0 saturated carbocycles. The summed E-state index contributed by atoms with van der Waals surface area (Å²) in [4.78, 5) is 0. The summed E-state index contributed by atoms with van der Waals surface area (Å²) in [5.41, 5.74) is 0.866. The van der Waals surface area contributed by atoms with Crippen LogP contribution in [0.1, 0.15) is 0 Å². The number of benzene rings is 5. The fraction of sp³-hybridized carbons (Fsp3) is 0. The van der Waals surface area contributed by atoms with Gasteiger partial charge in [-0.25, -0.2) is 0 Å². The normalized spacial score (nSPS) is 11.1. The minimum absolute atomic E-state index is 0.760. The summed E-state index contributed by atoms with van der Waals surface area (Å²) in [7, 11) is 5.25. The van der Waals surface area contributed by atoms with Gasteiger partial charge in [-0.1, -0.05) is 145 Å². The van der Waals surface area contributed by atoms with Crippen LogP contribution in [0, 0.1) is 0 Å². The Hall–Kier alpha value is -2.98. The van der Waals surface area contributed by atoms with Gasteiger partial charge in [0.25, 0.3) is 0 Å². The molecule has 2 radical (unpaired) electrons. The number of rotatable bonds is 6. The molecule has 0 atom stereocenters. The van der Waals surface area contributed by atoms with E-state index in [9.17, 15) is 0 Å². The third-order valence-corrected chi connectivity index (χ3v) is 10.8. The van der Waals surface area contributed by atoms with Crippen molar-refractivity contribution in [2.24, 2.45) is 0 Å². The van der Waals surface area contributed by atoms with Crippen molar-refractivity contribution in [2.75, 3.05) is 0 Å². The molecular weight excluding hydrogens is 433 g/mol. The molecule has 0 unspecified atom stereocenters. The fourth-order valence-electron chi connectivity index (χ4n) is 4.12. The first-order valence-electron chi connectivity index (χ1n) is 11.0. The average molecular weight is 456 g/mol. The van der Waals surface area contributed by atoms with Crippen LogP contribution in [0.2, 0.25) is 0 Å². The molecular formula is C30H23BP2. The predicted octanol–water partition coefficient (Wildman–Crippen LogP) is 4.00. The third-order valence-electron chi connectivity index (χ3n) is 5.57. The van der Waals surface area contributed by atoms with Crippen molar-refractivity contribution in [3.8, 4) is 0 Å². The Morgan fingerprint density at radius 1 is 0.364 bits per heavy atom. The summed E-state index contributed by atoms with van der Waals surface area (Å²) >= 11 is 0. The third kappa shape index (κ3) is 4.72. The lowest BCUT2D eigenvalue weighted by atomic mass is 9.96. The predicted molar refractivity (Wildman–Crippen MR) is 149 cm³/mol. The van der Waals surface area contributed by atoms with Crippen molar-refractivity contribution in [1.29, 1.82) is 0 Å². The van der Waals surface area contributed by atoms with Crippen LogP contribution in [0.15, 0.2) is 140 Å². The molecule has 33 heavy (non-hydrogen) atoms. The van der Waals surface area contributed by atoms with Crippen LogP contribution in [0.5, 0.6) is 0 Å². The minimum Gasteiger partial charge on any atom is -0.0878 e. The number of hydrogen-bond acceptors (Lipinski definition) is 0. The van der Waals surface area contributed by atoms with Gasteiger partial charge in [0.1, 0.15) is 7.85 Å². The summed E-state index contributed by atoms with van der Waals surface area (Å²) in [6, 6.07) is 49.8. The summed E-state index contributed by atoms with van der Waals surface area (Å²) in [6.45, 7) is 0. The molecule has 0 bridgehead atoms. The molecule has 0 aliphatic carbocycles. The Labute approximate surface area is 200 Å². The van der Waals surface area contributed by atoms with E-state index in [-0.39, 0.29) is 0 Å². The van der Waals surface area contributed by atoms with Gasteiger partial charge in [0, 0.05) is 0 Å². The van der Waals surface area contributed by atoms with Gasteiger partial charge in [-0.05, 0) is 47.7 Å². The Morgan fingerprint density at radius 2 is 0.727 bits per heavy atom. The fourth-order valence-corrected chi connectivity index (χ4v) is 9.48. The monoisotopic (exact) mass is 456 g/mol. The van der Waals surface area contributed by atoms with Crippen molar-refractivity contribution in [3.63, 3.8) is 0 Å². The summed E-state index contributed by atoms with van der Waals surface area (Å²) in [5.74, 6) is 0. The first-order valence-corrected chi connectivity index (χ1v) is 13.7. The summed E-state index contributed by atoms with van der Waals surface area (Å²) < 4.78 is 0. The molecule has 0 amide bonds. The van der Waals surface area contributed by atoms with E-state index < -0.39 is 15.8 Å². The molecule has 0 fully saturated rings. The largest absolute Gasteiger partial charge is 0.114 e. The molecule has 0 aromatic heterocycles. The zero-order valence-electron chi connectivity index (χ0n) is 18.3. The molecule has 0 heterocycles. The molecule has 5 aromatic carbocycles.